The van der Waals surface area contributed by atoms with Gasteiger partial charge in [0, 0.05) is 24.0 Å². The topological polar surface area (TPSA) is 98.0 Å². The molecule has 6 rings (SSSR count). The fourth-order valence-electron chi connectivity index (χ4n) is 5.12. The molecule has 1 amide bonds. The number of rotatable bonds is 6. The van der Waals surface area contributed by atoms with E-state index in [-0.39, 0.29) is 23.6 Å². The molecule has 0 bridgehead atoms. The number of hydrogen-bond donors (Lipinski definition) is 0. The molecule has 1 aromatic heterocycles. The van der Waals surface area contributed by atoms with Crippen molar-refractivity contribution in [3.05, 3.63) is 106 Å². The van der Waals surface area contributed by atoms with Gasteiger partial charge in [0.2, 0.25) is 10.0 Å². The molecule has 0 radical (unpaired) electrons. The zero-order valence-corrected chi connectivity index (χ0v) is 24.0. The predicted molar refractivity (Wildman–Crippen MR) is 158 cm³/mol. The molecule has 0 aliphatic carbocycles. The maximum atomic E-state index is 13.3. The number of nitrogens with zero attached hydrogens (tertiary/aromatic N) is 3. The average molecular weight is 586 g/mol. The Kier molecular flexibility index (Phi) is 7.29. The quantitative estimate of drug-likeness (QED) is 0.264. The van der Waals surface area contributed by atoms with E-state index in [0.29, 0.717) is 24.3 Å². The van der Waals surface area contributed by atoms with Gasteiger partial charge in [0.1, 0.15) is 6.54 Å². The van der Waals surface area contributed by atoms with Crippen LogP contribution >= 0.6 is 11.3 Å². The Morgan fingerprint density at radius 2 is 1.66 bits per heavy atom. The van der Waals surface area contributed by atoms with E-state index in [1.54, 1.807) is 11.5 Å². The van der Waals surface area contributed by atoms with Crippen LogP contribution < -0.4 is 4.80 Å². The monoisotopic (exact) mass is 585 g/mol. The van der Waals surface area contributed by atoms with Gasteiger partial charge < -0.3 is 9.30 Å². The lowest BCUT2D eigenvalue weighted by Gasteiger charge is -2.28. The van der Waals surface area contributed by atoms with Crippen molar-refractivity contribution in [1.82, 2.24) is 8.87 Å². The molecule has 2 heterocycles. The van der Waals surface area contributed by atoms with Crippen LogP contribution in [0.4, 0.5) is 0 Å². The van der Waals surface area contributed by atoms with Crippen molar-refractivity contribution in [2.45, 2.75) is 31.3 Å². The smallest absolute Gasteiger partial charge is 0.326 e. The number of benzene rings is 4. The first kappa shape index (κ1) is 27.1. The van der Waals surface area contributed by atoms with Crippen LogP contribution in [-0.4, -0.2) is 42.3 Å². The molecule has 5 aromatic rings. The summed E-state index contributed by atoms with van der Waals surface area (Å²) in [4.78, 5) is 30.6. The van der Waals surface area contributed by atoms with Crippen LogP contribution in [0.5, 0.6) is 0 Å². The van der Waals surface area contributed by atoms with Gasteiger partial charge in [-0.25, -0.2) is 8.42 Å². The molecule has 41 heavy (non-hydrogen) atoms. The van der Waals surface area contributed by atoms with Crippen molar-refractivity contribution in [1.29, 1.82) is 0 Å². The fraction of sp³-hybridized carbons (Fsp3) is 0.194. The summed E-state index contributed by atoms with van der Waals surface area (Å²) in [6.45, 7) is 2.61. The number of carbonyl (C=O) groups excluding carboxylic acids is 2. The van der Waals surface area contributed by atoms with E-state index in [1.165, 1.54) is 39.9 Å². The van der Waals surface area contributed by atoms with Crippen LogP contribution in [0.1, 0.15) is 28.4 Å². The van der Waals surface area contributed by atoms with Gasteiger partial charge in [-0.05, 0) is 60.2 Å². The second-order valence-electron chi connectivity index (χ2n) is 9.71. The summed E-state index contributed by atoms with van der Waals surface area (Å²) in [5.74, 6) is -0.960. The number of hydrogen-bond acceptors (Lipinski definition) is 6. The lowest BCUT2D eigenvalue weighted by Crippen LogP contribution is -2.35. The van der Waals surface area contributed by atoms with Crippen LogP contribution in [-0.2, 0) is 39.1 Å². The summed E-state index contributed by atoms with van der Waals surface area (Å²) >= 11 is 1.32. The second-order valence-corrected chi connectivity index (χ2v) is 12.6. The van der Waals surface area contributed by atoms with Gasteiger partial charge in [0.15, 0.2) is 4.80 Å². The van der Waals surface area contributed by atoms with Gasteiger partial charge in [0.25, 0.3) is 5.91 Å². The molecule has 0 saturated carbocycles. The molecule has 4 aromatic carbocycles. The van der Waals surface area contributed by atoms with E-state index in [2.05, 4.69) is 4.99 Å². The first-order valence-electron chi connectivity index (χ1n) is 13.3. The second kappa shape index (κ2) is 11.0. The minimum absolute atomic E-state index is 0.0889. The first-order chi connectivity index (χ1) is 19.8. The normalized spacial score (nSPS) is 14.3. The third-order valence-corrected chi connectivity index (χ3v) is 10.2. The lowest BCUT2D eigenvalue weighted by atomic mass is 10.0. The third-order valence-electron chi connectivity index (χ3n) is 7.20. The molecule has 8 nitrogen and oxygen atoms in total. The number of fused-ring (bicyclic) bond motifs is 4. The minimum atomic E-state index is -3.73. The highest BCUT2D eigenvalue weighted by molar-refractivity contribution is 7.89. The van der Waals surface area contributed by atoms with Gasteiger partial charge in [-0.15, -0.1) is 0 Å². The molecule has 1 aliphatic heterocycles. The van der Waals surface area contributed by atoms with Gasteiger partial charge in [-0.1, -0.05) is 65.9 Å². The van der Waals surface area contributed by atoms with Crippen LogP contribution in [0, 0.1) is 0 Å². The Hall–Kier alpha value is -4.12. The van der Waals surface area contributed by atoms with E-state index in [0.717, 1.165) is 32.1 Å². The Bertz CT molecular complexity index is 1980. The number of aromatic nitrogens is 1. The highest BCUT2D eigenvalue weighted by atomic mass is 32.2. The summed E-state index contributed by atoms with van der Waals surface area (Å²) in [6.07, 6.45) is 0.654. The summed E-state index contributed by atoms with van der Waals surface area (Å²) in [7, 11) is -3.73. The largest absolute Gasteiger partial charge is 0.465 e. The molecule has 0 N–H and O–H groups in total. The van der Waals surface area contributed by atoms with E-state index in [1.807, 2.05) is 60.7 Å². The third kappa shape index (κ3) is 5.21. The number of sulfonamides is 1. The zero-order valence-electron chi connectivity index (χ0n) is 22.3. The number of thiazole rings is 1. The highest BCUT2D eigenvalue weighted by Gasteiger charge is 2.28. The molecule has 208 valence electrons. The van der Waals surface area contributed by atoms with Gasteiger partial charge in [-0.2, -0.15) is 9.30 Å². The van der Waals surface area contributed by atoms with Gasteiger partial charge in [0.05, 0.1) is 21.7 Å². The van der Waals surface area contributed by atoms with Gasteiger partial charge in [-0.3, -0.25) is 9.59 Å². The van der Waals surface area contributed by atoms with Crippen LogP contribution in [0.15, 0.2) is 94.8 Å². The molecule has 0 fully saturated rings. The van der Waals surface area contributed by atoms with Crippen molar-refractivity contribution in [2.75, 3.05) is 13.2 Å². The Labute approximate surface area is 241 Å². The number of amides is 1. The summed E-state index contributed by atoms with van der Waals surface area (Å²) < 4.78 is 35.9. The van der Waals surface area contributed by atoms with Crippen molar-refractivity contribution in [2.24, 2.45) is 4.99 Å². The first-order valence-corrected chi connectivity index (χ1v) is 15.5. The maximum Gasteiger partial charge on any atom is 0.326 e. The summed E-state index contributed by atoms with van der Waals surface area (Å²) in [5.41, 5.74) is 3.19. The zero-order chi connectivity index (χ0) is 28.6. The Balaban J connectivity index is 1.33. The Morgan fingerprint density at radius 1 is 0.927 bits per heavy atom. The van der Waals surface area contributed by atoms with Crippen molar-refractivity contribution < 1.29 is 22.7 Å². The van der Waals surface area contributed by atoms with Crippen molar-refractivity contribution in [3.8, 4) is 0 Å². The van der Waals surface area contributed by atoms with E-state index in [9.17, 15) is 18.0 Å². The van der Waals surface area contributed by atoms with E-state index in [4.69, 9.17) is 4.74 Å². The molecule has 0 unspecified atom stereocenters. The van der Waals surface area contributed by atoms with Crippen LogP contribution in [0.2, 0.25) is 0 Å². The summed E-state index contributed by atoms with van der Waals surface area (Å²) in [5, 5.41) is 2.04. The number of carbonyl (C=O) groups is 2. The molecule has 0 atom stereocenters. The minimum Gasteiger partial charge on any atom is -0.465 e. The molecule has 10 heteroatoms. The van der Waals surface area contributed by atoms with Crippen molar-refractivity contribution in [3.63, 3.8) is 0 Å². The number of esters is 1. The summed E-state index contributed by atoms with van der Waals surface area (Å²) in [6, 6.07) is 25.5. The lowest BCUT2D eigenvalue weighted by molar-refractivity contribution is -0.143. The Morgan fingerprint density at radius 3 is 2.44 bits per heavy atom. The molecule has 0 spiro atoms. The SMILES string of the molecule is CCOC(=O)Cn1c(=NC(=O)c2ccc(S(=O)(=O)N3CCc4ccccc4C3)cc2)sc2c3ccccc3ccc21. The molecule has 0 saturated heterocycles. The van der Waals surface area contributed by atoms with E-state index >= 15 is 0 Å². The molecular formula is C31H27N3O5S2. The molecule has 1 aliphatic rings. The van der Waals surface area contributed by atoms with Crippen LogP contribution in [0.3, 0.4) is 0 Å². The van der Waals surface area contributed by atoms with Gasteiger partial charge >= 0.3 is 5.97 Å². The number of ether oxygens (including phenoxy) is 1. The maximum absolute atomic E-state index is 13.3. The fourth-order valence-corrected chi connectivity index (χ4v) is 7.70. The molecular weight excluding hydrogens is 558 g/mol. The van der Waals surface area contributed by atoms with Crippen molar-refractivity contribution >= 4 is 54.2 Å². The highest BCUT2D eigenvalue weighted by Crippen LogP contribution is 2.28. The van der Waals surface area contributed by atoms with Crippen LogP contribution in [0.25, 0.3) is 21.0 Å². The predicted octanol–water partition coefficient (Wildman–Crippen LogP) is 4.91. The van der Waals surface area contributed by atoms with E-state index < -0.39 is 21.9 Å². The average Bonchev–Trinajstić information content (AvgIpc) is 3.33. The standard InChI is InChI=1S/C31H27N3O5S2/c1-2-39-28(35)20-34-27-16-13-22-8-5-6-10-26(22)29(27)40-31(34)32-30(36)23-11-14-25(15-12-23)41(37,38)33-18-17-21-7-3-4-9-24(21)19-33/h3-16H,2,17-20H2,1H3.